The van der Waals surface area contributed by atoms with Gasteiger partial charge in [0, 0.05) is 37.8 Å². The third kappa shape index (κ3) is 4.30. The summed E-state index contributed by atoms with van der Waals surface area (Å²) < 4.78 is 26.5. The Morgan fingerprint density at radius 1 is 1.15 bits per heavy atom. The summed E-state index contributed by atoms with van der Waals surface area (Å²) in [7, 11) is 0. The predicted octanol–water partition coefficient (Wildman–Crippen LogP) is 2.98. The third-order valence-corrected chi connectivity index (χ3v) is 4.34. The van der Waals surface area contributed by atoms with Crippen molar-refractivity contribution in [2.24, 2.45) is 0 Å². The number of hydrogen-bond acceptors (Lipinski definition) is 5. The molecule has 0 bridgehead atoms. The van der Waals surface area contributed by atoms with Gasteiger partial charge >= 0.3 is 5.97 Å². The highest BCUT2D eigenvalue weighted by Crippen LogP contribution is 2.29. The molecular formula is C18H18F2N4O3. The molecule has 1 aliphatic rings. The number of rotatable bonds is 4. The Morgan fingerprint density at radius 2 is 1.78 bits per heavy atom. The number of aromatic carboxylic acids is 1. The molecule has 9 heteroatoms. The number of piperidine rings is 1. The average molecular weight is 376 g/mol. The van der Waals surface area contributed by atoms with Crippen LogP contribution in [0, 0.1) is 0 Å². The zero-order valence-corrected chi connectivity index (χ0v) is 14.3. The van der Waals surface area contributed by atoms with E-state index >= 15 is 0 Å². The van der Waals surface area contributed by atoms with Crippen LogP contribution in [0.15, 0.2) is 36.5 Å². The molecule has 2 aromatic rings. The Labute approximate surface area is 153 Å². The molecule has 1 saturated heterocycles. The maximum Gasteiger partial charge on any atom is 0.335 e. The molecule has 0 atom stereocenters. The van der Waals surface area contributed by atoms with E-state index in [4.69, 9.17) is 10.8 Å². The Bertz CT molecular complexity index is 861. The van der Waals surface area contributed by atoms with Crippen LogP contribution in [-0.2, 0) is 0 Å². The number of nitrogens with two attached hydrogens (primary N) is 1. The number of carbonyl (C=O) groups is 2. The molecule has 4 N–H and O–H groups in total. The van der Waals surface area contributed by atoms with Crippen LogP contribution in [0.2, 0.25) is 0 Å². The third-order valence-electron chi connectivity index (χ3n) is 4.34. The van der Waals surface area contributed by atoms with Crippen LogP contribution in [0.5, 0.6) is 0 Å². The summed E-state index contributed by atoms with van der Waals surface area (Å²) >= 11 is 0. The molecule has 2 heterocycles. The fourth-order valence-electron chi connectivity index (χ4n) is 2.76. The highest BCUT2D eigenvalue weighted by atomic mass is 19.3. The minimum absolute atomic E-state index is 0.0122. The van der Waals surface area contributed by atoms with Crippen LogP contribution < -0.4 is 11.1 Å². The van der Waals surface area contributed by atoms with Gasteiger partial charge < -0.3 is 21.1 Å². The molecule has 1 aliphatic heterocycles. The molecule has 0 aliphatic carbocycles. The van der Waals surface area contributed by atoms with E-state index in [1.807, 2.05) is 0 Å². The number of halogens is 2. The second kappa shape index (κ2) is 7.18. The molecule has 3 rings (SSSR count). The Kier molecular flexibility index (Phi) is 4.93. The Balaban J connectivity index is 1.70. The maximum absolute atomic E-state index is 13.2. The molecule has 1 aromatic heterocycles. The van der Waals surface area contributed by atoms with Crippen LogP contribution in [0.4, 0.5) is 26.0 Å². The first-order chi connectivity index (χ1) is 12.7. The van der Waals surface area contributed by atoms with Crippen molar-refractivity contribution < 1.29 is 23.5 Å². The van der Waals surface area contributed by atoms with Gasteiger partial charge in [0.05, 0.1) is 16.8 Å². The number of carboxylic acid groups (broad SMARTS) is 1. The average Bonchev–Trinajstić information content (AvgIpc) is 2.63. The Morgan fingerprint density at radius 3 is 2.33 bits per heavy atom. The summed E-state index contributed by atoms with van der Waals surface area (Å²) in [6.07, 6.45) is 0.626. The number of carboxylic acids is 1. The van der Waals surface area contributed by atoms with E-state index in [9.17, 15) is 18.4 Å². The number of nitrogen functional groups attached to an aromatic ring is 1. The second-order valence-electron chi connectivity index (χ2n) is 6.32. The van der Waals surface area contributed by atoms with E-state index < -0.39 is 11.9 Å². The number of nitrogens with one attached hydrogen (secondary N) is 1. The fourth-order valence-corrected chi connectivity index (χ4v) is 2.76. The van der Waals surface area contributed by atoms with E-state index in [1.165, 1.54) is 29.3 Å². The van der Waals surface area contributed by atoms with Gasteiger partial charge in [-0.25, -0.2) is 18.6 Å². The lowest BCUT2D eigenvalue weighted by Gasteiger charge is -2.31. The lowest BCUT2D eigenvalue weighted by molar-refractivity contribution is -0.0494. The lowest BCUT2D eigenvalue weighted by atomic mass is 10.1. The summed E-state index contributed by atoms with van der Waals surface area (Å²) in [5, 5.41) is 11.8. The highest BCUT2D eigenvalue weighted by molar-refractivity contribution is 5.95. The number of benzene rings is 1. The first-order valence-corrected chi connectivity index (χ1v) is 8.28. The number of nitrogens with zero attached hydrogens (tertiary/aromatic N) is 2. The largest absolute Gasteiger partial charge is 0.478 e. The predicted molar refractivity (Wildman–Crippen MR) is 95.4 cm³/mol. The van der Waals surface area contributed by atoms with Gasteiger partial charge in [0.15, 0.2) is 5.82 Å². The summed E-state index contributed by atoms with van der Waals surface area (Å²) in [5.41, 5.74) is 7.12. The van der Waals surface area contributed by atoms with E-state index in [0.29, 0.717) is 11.5 Å². The van der Waals surface area contributed by atoms with Gasteiger partial charge in [0.1, 0.15) is 0 Å². The summed E-state index contributed by atoms with van der Waals surface area (Å²) in [4.78, 5) is 28.8. The molecule has 142 valence electrons. The van der Waals surface area contributed by atoms with Crippen molar-refractivity contribution >= 4 is 29.1 Å². The van der Waals surface area contributed by atoms with E-state index in [-0.39, 0.29) is 48.7 Å². The molecular weight excluding hydrogens is 358 g/mol. The topological polar surface area (TPSA) is 109 Å². The minimum atomic E-state index is -2.72. The van der Waals surface area contributed by atoms with Crippen molar-refractivity contribution in [3.63, 3.8) is 0 Å². The summed E-state index contributed by atoms with van der Waals surface area (Å²) in [5.74, 6) is -3.84. The molecule has 0 spiro atoms. The van der Waals surface area contributed by atoms with Gasteiger partial charge in [-0.1, -0.05) is 0 Å². The van der Waals surface area contributed by atoms with E-state index in [0.717, 1.165) is 0 Å². The number of alkyl halides is 2. The number of hydrogen-bond donors (Lipinski definition) is 3. The van der Waals surface area contributed by atoms with Gasteiger partial charge in [0.2, 0.25) is 0 Å². The number of carbonyl (C=O) groups excluding carboxylic acids is 1. The summed E-state index contributed by atoms with van der Waals surface area (Å²) in [6, 6.07) is 7.45. The molecule has 0 unspecified atom stereocenters. The van der Waals surface area contributed by atoms with E-state index in [2.05, 4.69) is 10.3 Å². The van der Waals surface area contributed by atoms with Gasteiger partial charge in [-0.05, 0) is 30.3 Å². The zero-order chi connectivity index (χ0) is 19.6. The van der Waals surface area contributed by atoms with Crippen LogP contribution in [0.1, 0.15) is 33.6 Å². The SMILES string of the molecule is Nc1cc(C(=O)N2CCC(F)(F)CC2)cnc1Nc1ccc(C(=O)O)cc1. The first kappa shape index (κ1) is 18.6. The van der Waals surface area contributed by atoms with Crippen LogP contribution in [-0.4, -0.2) is 45.9 Å². The molecule has 1 fully saturated rings. The van der Waals surface area contributed by atoms with Crippen molar-refractivity contribution in [1.29, 1.82) is 0 Å². The Hall–Kier alpha value is -3.23. The second-order valence-corrected chi connectivity index (χ2v) is 6.32. The van der Waals surface area contributed by atoms with E-state index in [1.54, 1.807) is 12.1 Å². The van der Waals surface area contributed by atoms with Crippen molar-refractivity contribution in [2.45, 2.75) is 18.8 Å². The van der Waals surface area contributed by atoms with Crippen molar-refractivity contribution in [1.82, 2.24) is 9.88 Å². The molecule has 1 amide bonds. The minimum Gasteiger partial charge on any atom is -0.478 e. The molecule has 27 heavy (non-hydrogen) atoms. The highest BCUT2D eigenvalue weighted by Gasteiger charge is 2.35. The number of likely N-dealkylation sites (tertiary alicyclic amines) is 1. The van der Waals surface area contributed by atoms with Gasteiger partial charge in [-0.3, -0.25) is 4.79 Å². The summed E-state index contributed by atoms with van der Waals surface area (Å²) in [6.45, 7) is -0.0245. The van der Waals surface area contributed by atoms with Crippen molar-refractivity contribution in [3.05, 3.63) is 47.7 Å². The monoisotopic (exact) mass is 376 g/mol. The van der Waals surface area contributed by atoms with Crippen LogP contribution in [0.3, 0.4) is 0 Å². The van der Waals surface area contributed by atoms with Gasteiger partial charge in [0.25, 0.3) is 11.8 Å². The lowest BCUT2D eigenvalue weighted by Crippen LogP contribution is -2.42. The van der Waals surface area contributed by atoms with Crippen molar-refractivity contribution in [2.75, 3.05) is 24.1 Å². The number of anilines is 3. The first-order valence-electron chi connectivity index (χ1n) is 8.28. The molecule has 0 radical (unpaired) electrons. The van der Waals surface area contributed by atoms with Gasteiger partial charge in [-0.2, -0.15) is 0 Å². The molecule has 7 nitrogen and oxygen atoms in total. The number of aromatic nitrogens is 1. The quantitative estimate of drug-likeness (QED) is 0.757. The number of pyridine rings is 1. The molecule has 0 saturated carbocycles. The number of amides is 1. The van der Waals surface area contributed by atoms with Gasteiger partial charge in [-0.15, -0.1) is 0 Å². The normalized spacial score (nSPS) is 16.0. The maximum atomic E-state index is 13.2. The van der Waals surface area contributed by atoms with Crippen molar-refractivity contribution in [3.8, 4) is 0 Å². The van der Waals surface area contributed by atoms with Crippen LogP contribution >= 0.6 is 0 Å². The smallest absolute Gasteiger partial charge is 0.335 e. The zero-order valence-electron chi connectivity index (χ0n) is 14.3. The standard InChI is InChI=1S/C18H18F2N4O3/c19-18(20)5-7-24(8-6-18)16(25)12-9-14(21)15(22-10-12)23-13-3-1-11(2-4-13)17(26)27/h1-4,9-10H,5-8,21H2,(H,22,23)(H,26,27). The molecule has 1 aromatic carbocycles. The van der Waals surface area contributed by atoms with Crippen LogP contribution in [0.25, 0.3) is 0 Å². The fraction of sp³-hybridized carbons (Fsp3) is 0.278.